The van der Waals surface area contributed by atoms with Crippen LogP contribution in [0.5, 0.6) is 5.75 Å². The van der Waals surface area contributed by atoms with Crippen molar-refractivity contribution in [3.8, 4) is 5.75 Å². The zero-order valence-corrected chi connectivity index (χ0v) is 11.2. The van der Waals surface area contributed by atoms with E-state index in [2.05, 4.69) is 10.6 Å². The average molecular weight is 285 g/mol. The highest BCUT2D eigenvalue weighted by Gasteiger charge is 2.31. The van der Waals surface area contributed by atoms with Crippen molar-refractivity contribution in [2.24, 2.45) is 0 Å². The maximum atomic E-state index is 11.8. The summed E-state index contributed by atoms with van der Waals surface area (Å²) in [6.45, 7) is 1.50. The van der Waals surface area contributed by atoms with E-state index in [9.17, 15) is 15.0 Å². The van der Waals surface area contributed by atoms with E-state index in [1.54, 1.807) is 12.1 Å². The van der Waals surface area contributed by atoms with Gasteiger partial charge in [0.05, 0.1) is 17.0 Å². The molecule has 4 N–H and O–H groups in total. The van der Waals surface area contributed by atoms with Crippen LogP contribution < -0.4 is 10.6 Å². The van der Waals surface area contributed by atoms with E-state index in [4.69, 9.17) is 11.6 Å². The lowest BCUT2D eigenvalue weighted by molar-refractivity contribution is -0.121. The van der Waals surface area contributed by atoms with Gasteiger partial charge in [-0.1, -0.05) is 17.7 Å². The number of nitrogens with one attached hydrogen (secondary N) is 2. The van der Waals surface area contributed by atoms with E-state index >= 15 is 0 Å². The molecule has 0 spiro atoms. The quantitative estimate of drug-likeness (QED) is 0.646. The number of carbonyl (C=O) groups excluding carboxylic acids is 1. The van der Waals surface area contributed by atoms with Crippen LogP contribution in [0.25, 0.3) is 0 Å². The molecule has 1 aliphatic rings. The third-order valence-electron chi connectivity index (χ3n) is 3.21. The second kappa shape index (κ2) is 5.77. The average Bonchev–Trinajstić information content (AvgIpc) is 2.79. The van der Waals surface area contributed by atoms with Gasteiger partial charge in [0, 0.05) is 13.1 Å². The van der Waals surface area contributed by atoms with Crippen LogP contribution in [0.2, 0.25) is 5.02 Å². The molecule has 5 nitrogen and oxygen atoms in total. The maximum Gasteiger partial charge on any atom is 0.224 e. The van der Waals surface area contributed by atoms with Crippen molar-refractivity contribution in [1.29, 1.82) is 0 Å². The molecule has 1 unspecified atom stereocenters. The standard InChI is InChI=1S/C13H17ClN2O3/c14-10-5-9(1-2-11(10)17)6-12(18)16-8-13(19)3-4-15-7-13/h1-2,5,15,17,19H,3-4,6-8H2,(H,16,18). The van der Waals surface area contributed by atoms with Gasteiger partial charge in [0.2, 0.25) is 5.91 Å². The summed E-state index contributed by atoms with van der Waals surface area (Å²) in [7, 11) is 0. The number of amides is 1. The van der Waals surface area contributed by atoms with Crippen molar-refractivity contribution >= 4 is 17.5 Å². The fraction of sp³-hybridized carbons (Fsp3) is 0.462. The van der Waals surface area contributed by atoms with Gasteiger partial charge in [0.1, 0.15) is 5.75 Å². The smallest absolute Gasteiger partial charge is 0.224 e. The molecule has 0 aliphatic carbocycles. The van der Waals surface area contributed by atoms with Crippen molar-refractivity contribution in [3.05, 3.63) is 28.8 Å². The summed E-state index contributed by atoms with van der Waals surface area (Å²) in [6.07, 6.45) is 0.807. The minimum Gasteiger partial charge on any atom is -0.506 e. The van der Waals surface area contributed by atoms with E-state index in [1.165, 1.54) is 6.07 Å². The minimum atomic E-state index is -0.845. The first-order chi connectivity index (χ1) is 8.98. The molecule has 1 atom stereocenters. The molecule has 0 aromatic heterocycles. The van der Waals surface area contributed by atoms with Gasteiger partial charge in [-0.05, 0) is 30.7 Å². The molecule has 1 aromatic carbocycles. The molecule has 0 bridgehead atoms. The second-order valence-corrected chi connectivity index (χ2v) is 5.30. The number of aliphatic hydroxyl groups is 1. The van der Waals surface area contributed by atoms with Crippen LogP contribution in [0, 0.1) is 0 Å². The van der Waals surface area contributed by atoms with Gasteiger partial charge >= 0.3 is 0 Å². The minimum absolute atomic E-state index is 0.00262. The number of β-amino-alcohol motifs (C(OH)–C–C–N with tert-alkyl or cyclic N) is 1. The molecule has 1 aromatic rings. The zero-order valence-electron chi connectivity index (χ0n) is 10.4. The first-order valence-corrected chi connectivity index (χ1v) is 6.53. The van der Waals surface area contributed by atoms with E-state index in [1.807, 2.05) is 0 Å². The normalized spacial score (nSPS) is 22.4. The Hall–Kier alpha value is -1.30. The number of carbonyl (C=O) groups is 1. The summed E-state index contributed by atoms with van der Waals surface area (Å²) in [5, 5.41) is 25.3. The van der Waals surface area contributed by atoms with Crippen molar-refractivity contribution in [1.82, 2.24) is 10.6 Å². The maximum absolute atomic E-state index is 11.8. The number of phenolic OH excluding ortho intramolecular Hbond substituents is 1. The highest BCUT2D eigenvalue weighted by atomic mass is 35.5. The van der Waals surface area contributed by atoms with E-state index in [0.29, 0.717) is 13.0 Å². The van der Waals surface area contributed by atoms with Gasteiger partial charge in [-0.3, -0.25) is 4.79 Å². The van der Waals surface area contributed by atoms with Crippen LogP contribution in [0.3, 0.4) is 0 Å². The molecule has 1 fully saturated rings. The first kappa shape index (κ1) is 14.1. The number of hydrogen-bond acceptors (Lipinski definition) is 4. The van der Waals surface area contributed by atoms with Gasteiger partial charge in [0.15, 0.2) is 0 Å². The highest BCUT2D eigenvalue weighted by Crippen LogP contribution is 2.23. The van der Waals surface area contributed by atoms with Crippen molar-refractivity contribution in [2.75, 3.05) is 19.6 Å². The summed E-state index contributed by atoms with van der Waals surface area (Å²) in [5.74, 6) is -0.181. The van der Waals surface area contributed by atoms with Gasteiger partial charge in [-0.2, -0.15) is 0 Å². The summed E-state index contributed by atoms with van der Waals surface area (Å²) in [4.78, 5) is 11.8. The third-order valence-corrected chi connectivity index (χ3v) is 3.52. The molecule has 0 saturated carbocycles. The van der Waals surface area contributed by atoms with Crippen LogP contribution in [0.15, 0.2) is 18.2 Å². The van der Waals surface area contributed by atoms with Crippen LogP contribution in [0.1, 0.15) is 12.0 Å². The second-order valence-electron chi connectivity index (χ2n) is 4.89. The number of phenols is 1. The number of hydrogen-bond donors (Lipinski definition) is 4. The Labute approximate surface area is 116 Å². The molecule has 0 radical (unpaired) electrons. The Morgan fingerprint density at radius 1 is 1.53 bits per heavy atom. The van der Waals surface area contributed by atoms with E-state index in [0.717, 1.165) is 12.1 Å². The molecule has 1 saturated heterocycles. The fourth-order valence-corrected chi connectivity index (χ4v) is 2.26. The molecule has 6 heteroatoms. The summed E-state index contributed by atoms with van der Waals surface area (Å²) in [5.41, 5.74) is -0.126. The molecule has 104 valence electrons. The lowest BCUT2D eigenvalue weighted by Crippen LogP contribution is -2.44. The Kier molecular flexibility index (Phi) is 4.29. The molecule has 1 heterocycles. The molecule has 2 rings (SSSR count). The van der Waals surface area contributed by atoms with Crippen LogP contribution in [-0.2, 0) is 11.2 Å². The van der Waals surface area contributed by atoms with Gasteiger partial charge in [0.25, 0.3) is 0 Å². The zero-order chi connectivity index (χ0) is 13.9. The van der Waals surface area contributed by atoms with E-state index in [-0.39, 0.29) is 29.6 Å². The van der Waals surface area contributed by atoms with Crippen LogP contribution in [-0.4, -0.2) is 41.4 Å². The molecule has 1 aliphatic heterocycles. The monoisotopic (exact) mass is 284 g/mol. The number of rotatable bonds is 4. The lowest BCUT2D eigenvalue weighted by atomic mass is 10.0. The first-order valence-electron chi connectivity index (χ1n) is 6.16. The Morgan fingerprint density at radius 2 is 2.32 bits per heavy atom. The van der Waals surface area contributed by atoms with Gasteiger partial charge in [-0.25, -0.2) is 0 Å². The molecule has 1 amide bonds. The Balaban J connectivity index is 1.85. The highest BCUT2D eigenvalue weighted by molar-refractivity contribution is 6.32. The summed E-state index contributed by atoms with van der Waals surface area (Å²) in [6, 6.07) is 4.66. The summed E-state index contributed by atoms with van der Waals surface area (Å²) < 4.78 is 0. The predicted octanol–water partition coefficient (Wildman–Crippen LogP) is 0.429. The molecular weight excluding hydrogens is 268 g/mol. The van der Waals surface area contributed by atoms with Crippen molar-refractivity contribution in [2.45, 2.75) is 18.4 Å². The van der Waals surface area contributed by atoms with E-state index < -0.39 is 5.60 Å². The van der Waals surface area contributed by atoms with Crippen LogP contribution in [0.4, 0.5) is 0 Å². The van der Waals surface area contributed by atoms with Crippen molar-refractivity contribution < 1.29 is 15.0 Å². The largest absolute Gasteiger partial charge is 0.506 e. The number of benzene rings is 1. The predicted molar refractivity (Wildman–Crippen MR) is 72.3 cm³/mol. The Morgan fingerprint density at radius 3 is 2.95 bits per heavy atom. The van der Waals surface area contributed by atoms with Crippen molar-refractivity contribution in [3.63, 3.8) is 0 Å². The molecular formula is C13H17ClN2O3. The van der Waals surface area contributed by atoms with Gasteiger partial charge in [-0.15, -0.1) is 0 Å². The number of halogens is 1. The number of aromatic hydroxyl groups is 1. The lowest BCUT2D eigenvalue weighted by Gasteiger charge is -2.21. The van der Waals surface area contributed by atoms with Gasteiger partial charge < -0.3 is 20.8 Å². The third kappa shape index (κ3) is 3.83. The molecule has 19 heavy (non-hydrogen) atoms. The van der Waals surface area contributed by atoms with Crippen LogP contribution >= 0.6 is 11.6 Å². The SMILES string of the molecule is O=C(Cc1ccc(O)c(Cl)c1)NCC1(O)CCNC1. The topological polar surface area (TPSA) is 81.6 Å². The Bertz CT molecular complexity index is 473. The fourth-order valence-electron chi connectivity index (χ4n) is 2.05. The summed E-state index contributed by atoms with van der Waals surface area (Å²) >= 11 is 5.77.